The number of rotatable bonds is 3. The van der Waals surface area contributed by atoms with Gasteiger partial charge in [-0.2, -0.15) is 0 Å². The van der Waals surface area contributed by atoms with Gasteiger partial charge in [0.1, 0.15) is 16.7 Å². The van der Waals surface area contributed by atoms with E-state index in [9.17, 15) is 4.21 Å². The van der Waals surface area contributed by atoms with Gasteiger partial charge in [-0.3, -0.25) is 0 Å². The molecule has 0 bridgehead atoms. The molecule has 0 aliphatic heterocycles. The van der Waals surface area contributed by atoms with Crippen molar-refractivity contribution in [3.05, 3.63) is 69.6 Å². The molecular weight excluding hydrogens is 490 g/mol. The maximum atomic E-state index is 12.5. The molecule has 0 aromatic heterocycles. The second-order valence-electron chi connectivity index (χ2n) is 6.07. The standard InChI is InChI=1S/C21H15Br2NO2S/c1-26-20-16(22)10-12-6-2-4-8-14(12)18(20)19-15-9-5-3-7-13(15)11-17(23)21(19)27(24)25/h2-11H,24H2,1H3. The minimum atomic E-state index is -1.69. The van der Waals surface area contributed by atoms with Crippen LogP contribution in [0.25, 0.3) is 32.7 Å². The van der Waals surface area contributed by atoms with Gasteiger partial charge in [0.25, 0.3) is 0 Å². The molecule has 4 rings (SSSR count). The molecule has 0 amide bonds. The van der Waals surface area contributed by atoms with Crippen LogP contribution in [0.1, 0.15) is 0 Å². The molecule has 0 saturated heterocycles. The summed E-state index contributed by atoms with van der Waals surface area (Å²) >= 11 is 7.20. The Morgan fingerprint density at radius 1 is 0.852 bits per heavy atom. The van der Waals surface area contributed by atoms with Crippen molar-refractivity contribution in [2.45, 2.75) is 4.90 Å². The monoisotopic (exact) mass is 503 g/mol. The van der Waals surface area contributed by atoms with Crippen LogP contribution in [0.2, 0.25) is 0 Å². The lowest BCUT2D eigenvalue weighted by Gasteiger charge is -2.19. The maximum absolute atomic E-state index is 12.5. The van der Waals surface area contributed by atoms with E-state index < -0.39 is 11.0 Å². The van der Waals surface area contributed by atoms with Crippen LogP contribution in [-0.2, 0) is 11.0 Å². The average molecular weight is 505 g/mol. The molecule has 1 unspecified atom stereocenters. The molecule has 4 aromatic carbocycles. The lowest BCUT2D eigenvalue weighted by molar-refractivity contribution is 0.414. The quantitative estimate of drug-likeness (QED) is 0.362. The molecule has 0 heterocycles. The molecule has 4 aromatic rings. The van der Waals surface area contributed by atoms with E-state index in [4.69, 9.17) is 9.88 Å². The predicted octanol–water partition coefficient (Wildman–Crippen LogP) is 6.17. The zero-order valence-electron chi connectivity index (χ0n) is 14.3. The lowest BCUT2D eigenvalue weighted by Crippen LogP contribution is -2.07. The van der Waals surface area contributed by atoms with Crippen LogP contribution in [0.15, 0.2) is 74.5 Å². The van der Waals surface area contributed by atoms with Crippen LogP contribution in [0, 0.1) is 0 Å². The van der Waals surface area contributed by atoms with E-state index in [1.54, 1.807) is 7.11 Å². The smallest absolute Gasteiger partial charge is 0.141 e. The van der Waals surface area contributed by atoms with Gasteiger partial charge in [0.2, 0.25) is 0 Å². The highest BCUT2D eigenvalue weighted by Gasteiger charge is 2.23. The molecule has 2 N–H and O–H groups in total. The Balaban J connectivity index is 2.31. The van der Waals surface area contributed by atoms with Crippen LogP contribution < -0.4 is 9.88 Å². The Kier molecular flexibility index (Phi) is 5.07. The molecule has 1 atom stereocenters. The van der Waals surface area contributed by atoms with E-state index in [1.807, 2.05) is 60.7 Å². The first-order valence-corrected chi connectivity index (χ1v) is 11.0. The summed E-state index contributed by atoms with van der Waals surface area (Å²) in [6.07, 6.45) is 0. The Morgan fingerprint density at radius 2 is 1.37 bits per heavy atom. The number of hydrogen-bond acceptors (Lipinski definition) is 2. The number of benzene rings is 4. The molecule has 0 spiro atoms. The zero-order chi connectivity index (χ0) is 19.1. The molecule has 136 valence electrons. The third-order valence-electron chi connectivity index (χ3n) is 4.57. The summed E-state index contributed by atoms with van der Waals surface area (Å²) in [6.45, 7) is 0. The van der Waals surface area contributed by atoms with Crippen molar-refractivity contribution in [2.75, 3.05) is 7.11 Å². The van der Waals surface area contributed by atoms with Gasteiger partial charge in [0.15, 0.2) is 0 Å². The lowest BCUT2D eigenvalue weighted by atomic mass is 9.93. The predicted molar refractivity (Wildman–Crippen MR) is 119 cm³/mol. The molecule has 0 aliphatic carbocycles. The van der Waals surface area contributed by atoms with Gasteiger partial charge in [-0.25, -0.2) is 9.35 Å². The third kappa shape index (κ3) is 3.10. The number of nitrogens with two attached hydrogens (primary N) is 1. The molecule has 3 nitrogen and oxygen atoms in total. The first kappa shape index (κ1) is 18.6. The van der Waals surface area contributed by atoms with E-state index in [0.29, 0.717) is 15.1 Å². The molecular formula is C21H15Br2NO2S. The fraction of sp³-hybridized carbons (Fsp3) is 0.0476. The van der Waals surface area contributed by atoms with Gasteiger partial charge in [0, 0.05) is 15.6 Å². The molecule has 27 heavy (non-hydrogen) atoms. The van der Waals surface area contributed by atoms with Crippen molar-refractivity contribution in [3.63, 3.8) is 0 Å². The number of fused-ring (bicyclic) bond motifs is 2. The zero-order valence-corrected chi connectivity index (χ0v) is 18.3. The minimum absolute atomic E-state index is 0.551. The summed E-state index contributed by atoms with van der Waals surface area (Å²) < 4.78 is 19.8. The fourth-order valence-corrected chi connectivity index (χ4v) is 5.68. The van der Waals surface area contributed by atoms with Crippen LogP contribution >= 0.6 is 31.9 Å². The molecule has 0 fully saturated rings. The van der Waals surface area contributed by atoms with Gasteiger partial charge in [0.05, 0.1) is 16.5 Å². The molecule has 6 heteroatoms. The van der Waals surface area contributed by atoms with Gasteiger partial charge < -0.3 is 4.74 Å². The van der Waals surface area contributed by atoms with E-state index in [0.717, 1.165) is 37.1 Å². The van der Waals surface area contributed by atoms with Crippen molar-refractivity contribution < 1.29 is 8.95 Å². The highest BCUT2D eigenvalue weighted by atomic mass is 79.9. The molecule has 0 radical (unpaired) electrons. The first-order valence-electron chi connectivity index (χ1n) is 8.16. The maximum Gasteiger partial charge on any atom is 0.141 e. The first-order chi connectivity index (χ1) is 13.0. The Labute approximate surface area is 176 Å². The summed E-state index contributed by atoms with van der Waals surface area (Å²) in [4.78, 5) is 0.551. The normalized spacial score (nSPS) is 12.4. The van der Waals surface area contributed by atoms with Crippen molar-refractivity contribution in [2.24, 2.45) is 5.14 Å². The van der Waals surface area contributed by atoms with Crippen LogP contribution in [-0.4, -0.2) is 11.3 Å². The van der Waals surface area contributed by atoms with Gasteiger partial charge in [-0.1, -0.05) is 48.5 Å². The minimum Gasteiger partial charge on any atom is -0.495 e. The van der Waals surface area contributed by atoms with Gasteiger partial charge >= 0.3 is 0 Å². The van der Waals surface area contributed by atoms with Crippen LogP contribution in [0.4, 0.5) is 0 Å². The Hall–Kier alpha value is -1.73. The molecule has 0 saturated carbocycles. The summed E-state index contributed by atoms with van der Waals surface area (Å²) in [6, 6.07) is 20.0. The summed E-state index contributed by atoms with van der Waals surface area (Å²) in [5.74, 6) is 0.684. The number of hydrogen-bond donors (Lipinski definition) is 1. The van der Waals surface area contributed by atoms with Crippen molar-refractivity contribution in [1.82, 2.24) is 0 Å². The van der Waals surface area contributed by atoms with Gasteiger partial charge in [-0.15, -0.1) is 0 Å². The number of ether oxygens (including phenoxy) is 1. The SMILES string of the molecule is COc1c(Br)cc2ccccc2c1-c1c(S(N)=O)c(Br)cc2ccccc12. The fourth-order valence-electron chi connectivity index (χ4n) is 3.48. The number of halogens is 2. The van der Waals surface area contributed by atoms with Crippen LogP contribution in [0.5, 0.6) is 5.75 Å². The average Bonchev–Trinajstić information content (AvgIpc) is 2.65. The van der Waals surface area contributed by atoms with E-state index in [-0.39, 0.29) is 0 Å². The second kappa shape index (κ2) is 7.36. The highest BCUT2D eigenvalue weighted by molar-refractivity contribution is 9.10. The Morgan fingerprint density at radius 3 is 1.93 bits per heavy atom. The van der Waals surface area contributed by atoms with E-state index >= 15 is 0 Å². The van der Waals surface area contributed by atoms with Crippen molar-refractivity contribution >= 4 is 64.4 Å². The summed E-state index contributed by atoms with van der Waals surface area (Å²) in [7, 11) is -0.0496. The second-order valence-corrected chi connectivity index (χ2v) is 8.78. The van der Waals surface area contributed by atoms with Crippen molar-refractivity contribution in [3.8, 4) is 16.9 Å². The van der Waals surface area contributed by atoms with Crippen molar-refractivity contribution in [1.29, 1.82) is 0 Å². The van der Waals surface area contributed by atoms with E-state index in [2.05, 4.69) is 31.9 Å². The summed E-state index contributed by atoms with van der Waals surface area (Å²) in [5, 5.41) is 9.96. The third-order valence-corrected chi connectivity index (χ3v) is 6.87. The van der Waals surface area contributed by atoms with Crippen LogP contribution in [0.3, 0.4) is 0 Å². The summed E-state index contributed by atoms with van der Waals surface area (Å²) in [5.41, 5.74) is 1.68. The molecule has 0 aliphatic rings. The largest absolute Gasteiger partial charge is 0.495 e. The van der Waals surface area contributed by atoms with E-state index in [1.165, 1.54) is 0 Å². The number of methoxy groups -OCH3 is 1. The topological polar surface area (TPSA) is 52.3 Å². The van der Waals surface area contributed by atoms with Gasteiger partial charge in [-0.05, 0) is 65.5 Å². The Bertz CT molecular complexity index is 1220. The highest BCUT2D eigenvalue weighted by Crippen LogP contribution is 2.48.